The Kier molecular flexibility index (Phi) is 3.78. The fraction of sp³-hybridized carbons (Fsp3) is 0.176. The molecular weight excluding hydrogens is 278 g/mol. The topological polar surface area (TPSA) is 56.1 Å². The number of hydrogen-bond donors (Lipinski definition) is 1. The molecule has 112 valence electrons. The fourth-order valence-corrected chi connectivity index (χ4v) is 2.20. The molecule has 1 amide bonds. The highest BCUT2D eigenvalue weighted by Gasteiger charge is 2.16. The SMILES string of the molecule is Cc1cccc(OC(C)C(=O)Nn2cnc3ccccc32)c1. The second kappa shape index (κ2) is 5.89. The highest BCUT2D eigenvalue weighted by atomic mass is 16.5. The summed E-state index contributed by atoms with van der Waals surface area (Å²) in [6.45, 7) is 3.70. The third-order valence-corrected chi connectivity index (χ3v) is 3.36. The molecule has 0 fully saturated rings. The van der Waals surface area contributed by atoms with E-state index < -0.39 is 6.10 Å². The Labute approximate surface area is 128 Å². The molecule has 1 unspecified atom stereocenters. The zero-order valence-electron chi connectivity index (χ0n) is 12.5. The third kappa shape index (κ3) is 2.93. The van der Waals surface area contributed by atoms with Crippen LogP contribution in [-0.2, 0) is 4.79 Å². The van der Waals surface area contributed by atoms with E-state index in [1.165, 1.54) is 0 Å². The number of aromatic nitrogens is 2. The van der Waals surface area contributed by atoms with E-state index >= 15 is 0 Å². The number of benzene rings is 2. The first-order valence-corrected chi connectivity index (χ1v) is 7.10. The van der Waals surface area contributed by atoms with E-state index in [4.69, 9.17) is 4.74 Å². The van der Waals surface area contributed by atoms with Gasteiger partial charge in [-0.1, -0.05) is 24.3 Å². The van der Waals surface area contributed by atoms with Crippen LogP contribution in [-0.4, -0.2) is 21.7 Å². The van der Waals surface area contributed by atoms with Crippen molar-refractivity contribution in [3.8, 4) is 5.75 Å². The maximum absolute atomic E-state index is 12.3. The third-order valence-electron chi connectivity index (χ3n) is 3.36. The lowest BCUT2D eigenvalue weighted by Crippen LogP contribution is -2.34. The van der Waals surface area contributed by atoms with Crippen LogP contribution >= 0.6 is 0 Å². The molecule has 3 rings (SSSR count). The number of ether oxygens (including phenoxy) is 1. The molecule has 3 aromatic rings. The highest BCUT2D eigenvalue weighted by molar-refractivity contribution is 5.89. The molecule has 0 spiro atoms. The average molecular weight is 295 g/mol. The lowest BCUT2D eigenvalue weighted by Gasteiger charge is -2.15. The number of rotatable bonds is 4. The maximum atomic E-state index is 12.3. The molecule has 0 aliphatic heterocycles. The molecule has 0 radical (unpaired) electrons. The van der Waals surface area contributed by atoms with E-state index in [1.807, 2.05) is 55.5 Å². The summed E-state index contributed by atoms with van der Waals surface area (Å²) in [4.78, 5) is 16.5. The van der Waals surface area contributed by atoms with Crippen LogP contribution in [0.5, 0.6) is 5.75 Å². The lowest BCUT2D eigenvalue weighted by atomic mass is 10.2. The first kappa shape index (κ1) is 14.1. The van der Waals surface area contributed by atoms with Crippen LogP contribution in [0, 0.1) is 6.92 Å². The van der Waals surface area contributed by atoms with Crippen LogP contribution in [0.1, 0.15) is 12.5 Å². The molecule has 0 aliphatic carbocycles. The van der Waals surface area contributed by atoms with E-state index in [-0.39, 0.29) is 5.91 Å². The van der Waals surface area contributed by atoms with Crippen molar-refractivity contribution in [2.75, 3.05) is 5.43 Å². The number of para-hydroxylation sites is 2. The molecule has 1 atom stereocenters. The average Bonchev–Trinajstić information content (AvgIpc) is 2.90. The van der Waals surface area contributed by atoms with Gasteiger partial charge in [-0.3, -0.25) is 10.2 Å². The van der Waals surface area contributed by atoms with Gasteiger partial charge in [-0.25, -0.2) is 9.66 Å². The molecule has 0 aliphatic rings. The van der Waals surface area contributed by atoms with Crippen molar-refractivity contribution in [2.24, 2.45) is 0 Å². The van der Waals surface area contributed by atoms with Crippen molar-refractivity contribution in [3.05, 3.63) is 60.4 Å². The standard InChI is InChI=1S/C17H17N3O2/c1-12-6-5-7-14(10-12)22-13(2)17(21)19-20-11-18-15-8-3-4-9-16(15)20/h3-11,13H,1-2H3,(H,19,21). The largest absolute Gasteiger partial charge is 0.481 e. The number of hydrogen-bond acceptors (Lipinski definition) is 3. The number of nitrogens with one attached hydrogen (secondary N) is 1. The molecule has 1 heterocycles. The summed E-state index contributed by atoms with van der Waals surface area (Å²) in [6.07, 6.45) is 0.977. The van der Waals surface area contributed by atoms with Crippen LogP contribution in [0.2, 0.25) is 0 Å². The van der Waals surface area contributed by atoms with Crippen molar-refractivity contribution < 1.29 is 9.53 Å². The summed E-state index contributed by atoms with van der Waals surface area (Å²) >= 11 is 0. The molecule has 5 nitrogen and oxygen atoms in total. The minimum Gasteiger partial charge on any atom is -0.481 e. The van der Waals surface area contributed by atoms with Crippen LogP contribution < -0.4 is 10.2 Å². The van der Waals surface area contributed by atoms with Crippen molar-refractivity contribution in [1.29, 1.82) is 0 Å². The Morgan fingerprint density at radius 3 is 2.86 bits per heavy atom. The van der Waals surface area contributed by atoms with Crippen LogP contribution in [0.3, 0.4) is 0 Å². The summed E-state index contributed by atoms with van der Waals surface area (Å²) in [5.74, 6) is 0.447. The summed E-state index contributed by atoms with van der Waals surface area (Å²) in [5.41, 5.74) is 5.55. The van der Waals surface area contributed by atoms with Gasteiger partial charge in [-0.05, 0) is 43.7 Å². The first-order valence-electron chi connectivity index (χ1n) is 7.10. The molecule has 1 aromatic heterocycles. The van der Waals surface area contributed by atoms with Crippen LogP contribution in [0.4, 0.5) is 0 Å². The number of carbonyl (C=O) groups is 1. The van der Waals surface area contributed by atoms with Gasteiger partial charge in [0.1, 0.15) is 12.1 Å². The highest BCUT2D eigenvalue weighted by Crippen LogP contribution is 2.15. The molecule has 5 heteroatoms. The summed E-state index contributed by atoms with van der Waals surface area (Å²) in [7, 11) is 0. The van der Waals surface area contributed by atoms with E-state index in [0.717, 1.165) is 16.6 Å². The molecular formula is C17H17N3O2. The van der Waals surface area contributed by atoms with Crippen LogP contribution in [0.15, 0.2) is 54.9 Å². The number of carbonyl (C=O) groups excluding carboxylic acids is 1. The molecule has 2 aromatic carbocycles. The predicted octanol–water partition coefficient (Wildman–Crippen LogP) is 2.88. The fourth-order valence-electron chi connectivity index (χ4n) is 2.20. The van der Waals surface area contributed by atoms with Gasteiger partial charge < -0.3 is 4.74 Å². The van der Waals surface area contributed by atoms with Gasteiger partial charge in [0, 0.05) is 0 Å². The summed E-state index contributed by atoms with van der Waals surface area (Å²) in [5, 5.41) is 0. The van der Waals surface area contributed by atoms with Crippen LogP contribution in [0.25, 0.3) is 11.0 Å². The van der Waals surface area contributed by atoms with Gasteiger partial charge in [0.2, 0.25) is 0 Å². The second-order valence-electron chi connectivity index (χ2n) is 5.16. The number of amides is 1. The van der Waals surface area contributed by atoms with Gasteiger partial charge in [0.05, 0.1) is 11.0 Å². The minimum absolute atomic E-state index is 0.232. The number of aryl methyl sites for hydroxylation is 1. The Morgan fingerprint density at radius 2 is 2.05 bits per heavy atom. The summed E-state index contributed by atoms with van der Waals surface area (Å²) in [6, 6.07) is 15.2. The van der Waals surface area contributed by atoms with Gasteiger partial charge in [-0.15, -0.1) is 0 Å². The zero-order chi connectivity index (χ0) is 15.5. The van der Waals surface area contributed by atoms with Gasteiger partial charge in [-0.2, -0.15) is 0 Å². The van der Waals surface area contributed by atoms with E-state index in [0.29, 0.717) is 5.75 Å². The number of imidazole rings is 1. The van der Waals surface area contributed by atoms with Gasteiger partial charge in [0.15, 0.2) is 6.10 Å². The van der Waals surface area contributed by atoms with Gasteiger partial charge in [0.25, 0.3) is 5.91 Å². The van der Waals surface area contributed by atoms with E-state index in [9.17, 15) is 4.79 Å². The van der Waals surface area contributed by atoms with Crippen molar-refractivity contribution in [1.82, 2.24) is 9.66 Å². The van der Waals surface area contributed by atoms with Gasteiger partial charge >= 0.3 is 0 Å². The minimum atomic E-state index is -0.608. The molecule has 22 heavy (non-hydrogen) atoms. The normalized spacial score (nSPS) is 12.1. The predicted molar refractivity (Wildman–Crippen MR) is 85.4 cm³/mol. The summed E-state index contributed by atoms with van der Waals surface area (Å²) < 4.78 is 7.28. The molecule has 1 N–H and O–H groups in total. The van der Waals surface area contributed by atoms with E-state index in [2.05, 4.69) is 10.4 Å². The van der Waals surface area contributed by atoms with Crippen molar-refractivity contribution >= 4 is 16.9 Å². The lowest BCUT2D eigenvalue weighted by molar-refractivity contribution is -0.122. The quantitative estimate of drug-likeness (QED) is 0.805. The van der Waals surface area contributed by atoms with Crippen molar-refractivity contribution in [3.63, 3.8) is 0 Å². The smallest absolute Gasteiger partial charge is 0.279 e. The Morgan fingerprint density at radius 1 is 1.23 bits per heavy atom. The zero-order valence-corrected chi connectivity index (χ0v) is 12.5. The first-order chi connectivity index (χ1) is 10.6. The molecule has 0 saturated heterocycles. The Bertz CT molecular complexity index is 810. The second-order valence-corrected chi connectivity index (χ2v) is 5.16. The number of nitrogens with zero attached hydrogens (tertiary/aromatic N) is 2. The van der Waals surface area contributed by atoms with Crippen molar-refractivity contribution in [2.45, 2.75) is 20.0 Å². The monoisotopic (exact) mass is 295 g/mol. The Balaban J connectivity index is 1.71. The Hall–Kier alpha value is -2.82. The number of fused-ring (bicyclic) bond motifs is 1. The molecule has 0 bridgehead atoms. The molecule has 0 saturated carbocycles. The maximum Gasteiger partial charge on any atom is 0.279 e. The van der Waals surface area contributed by atoms with E-state index in [1.54, 1.807) is 17.9 Å².